The van der Waals surface area contributed by atoms with Crippen LogP contribution in [0, 0.1) is 5.82 Å². The average molecular weight is 418 g/mol. The molecule has 2 aromatic carbocycles. The number of halogens is 1. The van der Waals surface area contributed by atoms with Crippen LogP contribution in [0.5, 0.6) is 5.75 Å². The lowest BCUT2D eigenvalue weighted by atomic mass is 9.89. The van der Waals surface area contributed by atoms with E-state index in [0.29, 0.717) is 24.3 Å². The maximum atomic E-state index is 13.7. The van der Waals surface area contributed by atoms with Crippen molar-refractivity contribution in [1.82, 2.24) is 9.62 Å². The Labute approximate surface area is 167 Å². The van der Waals surface area contributed by atoms with Gasteiger partial charge in [-0.3, -0.25) is 9.59 Å². The lowest BCUT2D eigenvalue weighted by Crippen LogP contribution is -2.46. The van der Waals surface area contributed by atoms with Crippen molar-refractivity contribution >= 4 is 21.7 Å². The lowest BCUT2D eigenvalue weighted by molar-refractivity contribution is -0.129. The van der Waals surface area contributed by atoms with Gasteiger partial charge < -0.3 is 9.64 Å². The number of ether oxygens (including phenoxy) is 1. The maximum Gasteiger partial charge on any atom is 0.243 e. The summed E-state index contributed by atoms with van der Waals surface area (Å²) >= 11 is 0. The van der Waals surface area contributed by atoms with Crippen LogP contribution in [-0.2, 0) is 14.8 Å². The summed E-state index contributed by atoms with van der Waals surface area (Å²) in [5.41, 5.74) is -0.272. The molecule has 2 aliphatic rings. The minimum absolute atomic E-state index is 0.0404. The number of nitrogens with one attached hydrogen (secondary N) is 1. The highest BCUT2D eigenvalue weighted by Crippen LogP contribution is 2.38. The Morgan fingerprint density at radius 1 is 1.17 bits per heavy atom. The molecule has 0 aromatic heterocycles. The fourth-order valence-electron chi connectivity index (χ4n) is 3.74. The van der Waals surface area contributed by atoms with Crippen LogP contribution in [0.25, 0.3) is 0 Å². The van der Waals surface area contributed by atoms with Crippen molar-refractivity contribution in [2.24, 2.45) is 0 Å². The summed E-state index contributed by atoms with van der Waals surface area (Å²) in [7, 11) is -4.16. The van der Waals surface area contributed by atoms with Crippen molar-refractivity contribution in [3.8, 4) is 5.75 Å². The van der Waals surface area contributed by atoms with E-state index in [1.807, 2.05) is 0 Å². The van der Waals surface area contributed by atoms with Gasteiger partial charge in [0.1, 0.15) is 22.1 Å². The van der Waals surface area contributed by atoms with Gasteiger partial charge in [0.05, 0.1) is 25.1 Å². The zero-order chi connectivity index (χ0) is 20.6. The molecule has 1 amide bonds. The van der Waals surface area contributed by atoms with E-state index in [4.69, 9.17) is 4.74 Å². The number of benzene rings is 2. The van der Waals surface area contributed by atoms with Gasteiger partial charge in [0.25, 0.3) is 0 Å². The molecule has 0 bridgehead atoms. The van der Waals surface area contributed by atoms with Crippen LogP contribution in [-0.4, -0.2) is 50.2 Å². The predicted molar refractivity (Wildman–Crippen MR) is 102 cm³/mol. The van der Waals surface area contributed by atoms with E-state index in [1.54, 1.807) is 24.3 Å². The van der Waals surface area contributed by atoms with Gasteiger partial charge >= 0.3 is 0 Å². The first-order valence-corrected chi connectivity index (χ1v) is 10.6. The number of para-hydroxylation sites is 1. The van der Waals surface area contributed by atoms with Gasteiger partial charge in [-0.1, -0.05) is 24.3 Å². The molecular formula is C20H19FN2O5S. The third kappa shape index (κ3) is 3.75. The molecule has 2 heterocycles. The van der Waals surface area contributed by atoms with Crippen LogP contribution in [0.4, 0.5) is 4.39 Å². The molecule has 1 fully saturated rings. The summed E-state index contributed by atoms with van der Waals surface area (Å²) in [6.45, 7) is 0.0281. The number of carbonyl (C=O) groups is 2. The smallest absolute Gasteiger partial charge is 0.243 e. The minimum Gasteiger partial charge on any atom is -0.484 e. The molecule has 0 radical (unpaired) electrons. The number of sulfonamides is 1. The van der Waals surface area contributed by atoms with Crippen LogP contribution in [0.1, 0.15) is 23.2 Å². The van der Waals surface area contributed by atoms with E-state index < -0.39 is 38.8 Å². The third-order valence-corrected chi connectivity index (χ3v) is 6.64. The Morgan fingerprint density at radius 2 is 1.90 bits per heavy atom. The molecule has 1 unspecified atom stereocenters. The van der Waals surface area contributed by atoms with Crippen LogP contribution < -0.4 is 9.46 Å². The minimum atomic E-state index is -4.16. The fraction of sp³-hybridized carbons (Fsp3) is 0.300. The molecule has 0 aliphatic carbocycles. The monoisotopic (exact) mass is 418 g/mol. The molecule has 1 N–H and O–H groups in total. The molecule has 2 aliphatic heterocycles. The predicted octanol–water partition coefficient (Wildman–Crippen LogP) is 1.74. The Morgan fingerprint density at radius 3 is 2.69 bits per heavy atom. The molecule has 2 aromatic rings. The normalized spacial score (nSPS) is 21.1. The number of Topliss-reactive ketones (excluding diaryl/α,β-unsaturated/α-hetero) is 1. The van der Waals surface area contributed by atoms with Crippen LogP contribution in [0.2, 0.25) is 0 Å². The highest BCUT2D eigenvalue weighted by atomic mass is 32.2. The quantitative estimate of drug-likeness (QED) is 0.817. The zero-order valence-corrected chi connectivity index (χ0v) is 16.2. The van der Waals surface area contributed by atoms with E-state index in [2.05, 4.69) is 4.72 Å². The fourth-order valence-corrected chi connectivity index (χ4v) is 4.79. The number of carbonyl (C=O) groups excluding carboxylic acids is 2. The van der Waals surface area contributed by atoms with Crippen LogP contribution >= 0.6 is 0 Å². The number of ketones is 1. The van der Waals surface area contributed by atoms with Crippen molar-refractivity contribution in [3.63, 3.8) is 0 Å². The van der Waals surface area contributed by atoms with Gasteiger partial charge in [-0.15, -0.1) is 0 Å². The first-order valence-electron chi connectivity index (χ1n) is 9.13. The van der Waals surface area contributed by atoms with Gasteiger partial charge in [-0.25, -0.2) is 17.5 Å². The van der Waals surface area contributed by atoms with Gasteiger partial charge in [0.2, 0.25) is 15.9 Å². The Hall–Kier alpha value is -2.78. The van der Waals surface area contributed by atoms with Crippen LogP contribution in [0.15, 0.2) is 53.4 Å². The van der Waals surface area contributed by atoms with Gasteiger partial charge in [0.15, 0.2) is 5.78 Å². The van der Waals surface area contributed by atoms with E-state index in [1.165, 1.54) is 17.0 Å². The molecule has 152 valence electrons. The molecule has 29 heavy (non-hydrogen) atoms. The Kier molecular flexibility index (Phi) is 4.87. The Bertz CT molecular complexity index is 1090. The summed E-state index contributed by atoms with van der Waals surface area (Å²) in [6.07, 6.45) is 0.633. The molecule has 1 spiro atoms. The maximum absolute atomic E-state index is 13.7. The largest absolute Gasteiger partial charge is 0.484 e. The summed E-state index contributed by atoms with van der Waals surface area (Å²) in [4.78, 5) is 25.9. The SMILES string of the molecule is O=C1CC2(CCN(C(=O)CNS(=O)(=O)c3ccccc3F)C2)Oc2ccccc21. The highest BCUT2D eigenvalue weighted by molar-refractivity contribution is 7.89. The molecule has 1 atom stereocenters. The van der Waals surface area contributed by atoms with Crippen molar-refractivity contribution < 1.29 is 27.1 Å². The zero-order valence-electron chi connectivity index (χ0n) is 15.4. The summed E-state index contributed by atoms with van der Waals surface area (Å²) in [5.74, 6) is -0.892. The van der Waals surface area contributed by atoms with E-state index in [9.17, 15) is 22.4 Å². The van der Waals surface area contributed by atoms with Crippen molar-refractivity contribution in [2.45, 2.75) is 23.3 Å². The standard InChI is InChI=1S/C20H19FN2O5S/c21-15-6-2-4-8-18(15)29(26,27)22-12-19(25)23-10-9-20(13-23)11-16(24)14-5-1-3-7-17(14)28-20/h1-8,22H,9-13H2. The average Bonchev–Trinajstić information content (AvgIpc) is 3.09. The molecular weight excluding hydrogens is 399 g/mol. The second-order valence-electron chi connectivity index (χ2n) is 7.20. The molecule has 1 saturated heterocycles. The Balaban J connectivity index is 1.42. The number of hydrogen-bond acceptors (Lipinski definition) is 5. The second kappa shape index (κ2) is 7.23. The first-order chi connectivity index (χ1) is 13.8. The van der Waals surface area contributed by atoms with E-state index >= 15 is 0 Å². The first kappa shape index (κ1) is 19.5. The summed E-state index contributed by atoms with van der Waals surface area (Å²) in [6, 6.07) is 11.9. The number of likely N-dealkylation sites (tertiary alicyclic amines) is 1. The van der Waals surface area contributed by atoms with Crippen LogP contribution in [0.3, 0.4) is 0 Å². The van der Waals surface area contributed by atoms with Crippen molar-refractivity contribution in [3.05, 3.63) is 59.9 Å². The third-order valence-electron chi connectivity index (χ3n) is 5.21. The van der Waals surface area contributed by atoms with Gasteiger partial charge in [-0.05, 0) is 24.3 Å². The highest BCUT2D eigenvalue weighted by Gasteiger charge is 2.46. The second-order valence-corrected chi connectivity index (χ2v) is 8.94. The number of hydrogen-bond donors (Lipinski definition) is 1. The summed E-state index contributed by atoms with van der Waals surface area (Å²) < 4.78 is 46.5. The molecule has 4 rings (SSSR count). The topological polar surface area (TPSA) is 92.8 Å². The number of fused-ring (bicyclic) bond motifs is 1. The molecule has 9 heteroatoms. The van der Waals surface area contributed by atoms with Crippen molar-refractivity contribution in [2.75, 3.05) is 19.6 Å². The van der Waals surface area contributed by atoms with E-state index in [0.717, 1.165) is 12.1 Å². The molecule has 0 saturated carbocycles. The van der Waals surface area contributed by atoms with Gasteiger partial charge in [-0.2, -0.15) is 0 Å². The van der Waals surface area contributed by atoms with E-state index in [-0.39, 0.29) is 18.7 Å². The lowest BCUT2D eigenvalue weighted by Gasteiger charge is -2.34. The van der Waals surface area contributed by atoms with Crippen molar-refractivity contribution in [1.29, 1.82) is 0 Å². The molecule has 7 nitrogen and oxygen atoms in total. The number of rotatable bonds is 4. The number of amides is 1. The number of nitrogens with zero attached hydrogens (tertiary/aromatic N) is 1. The summed E-state index contributed by atoms with van der Waals surface area (Å²) in [5, 5.41) is 0. The van der Waals surface area contributed by atoms with Gasteiger partial charge in [0, 0.05) is 13.0 Å².